The summed E-state index contributed by atoms with van der Waals surface area (Å²) in [6, 6.07) is 32.3. The number of aryl methyl sites for hydroxylation is 2. The van der Waals surface area contributed by atoms with E-state index >= 15 is 0 Å². The van der Waals surface area contributed by atoms with E-state index in [0.717, 1.165) is 42.3 Å². The van der Waals surface area contributed by atoms with Crippen LogP contribution in [0.15, 0.2) is 127 Å². The average Bonchev–Trinajstić information content (AvgIpc) is 3.46. The number of para-hydroxylation sites is 1. The molecule has 268 valence electrons. The molecule has 9 nitrogen and oxygen atoms in total. The number of aliphatic imine (C=N–C) groups is 1. The van der Waals surface area contributed by atoms with Crippen LogP contribution in [0.5, 0.6) is 5.75 Å². The van der Waals surface area contributed by atoms with Crippen LogP contribution in [-0.4, -0.2) is 25.5 Å². The molecule has 2 N–H and O–H groups in total. The molecule has 7 rings (SSSR count). The molecule has 2 aromatic heterocycles. The number of fused-ring (bicyclic) bond motifs is 4. The molecule has 53 heavy (non-hydrogen) atoms. The van der Waals surface area contributed by atoms with Crippen LogP contribution < -0.4 is 30.3 Å². The number of quaternary nitrogens is 1. The lowest BCUT2D eigenvalue weighted by Crippen LogP contribution is -2.82. The van der Waals surface area contributed by atoms with E-state index in [-0.39, 0.29) is 12.5 Å². The Morgan fingerprint density at radius 3 is 2.42 bits per heavy atom. The molecule has 4 aromatic carbocycles. The number of aromatic nitrogens is 1. The van der Waals surface area contributed by atoms with Gasteiger partial charge in [-0.05, 0) is 72.3 Å². The number of anilines is 1. The largest absolute Gasteiger partial charge is 0.859 e. The van der Waals surface area contributed by atoms with Gasteiger partial charge in [0.05, 0.1) is 28.2 Å². The summed E-state index contributed by atoms with van der Waals surface area (Å²) >= 11 is 1.80. The molecule has 0 radical (unpaired) electrons. The van der Waals surface area contributed by atoms with Gasteiger partial charge in [-0.15, -0.1) is 0 Å². The fourth-order valence-electron chi connectivity index (χ4n) is 6.70. The molecular weight excluding hydrogens is 685 g/mol. The average molecular weight is 726 g/mol. The molecule has 0 atom stereocenters. The minimum Gasteiger partial charge on any atom is -0.859 e. The van der Waals surface area contributed by atoms with Gasteiger partial charge in [-0.2, -0.15) is 0 Å². The molecule has 0 unspecified atom stereocenters. The second-order valence-corrected chi connectivity index (χ2v) is 14.3. The molecule has 0 saturated carbocycles. The summed E-state index contributed by atoms with van der Waals surface area (Å²) in [7, 11) is 2.12. The van der Waals surface area contributed by atoms with Crippen molar-refractivity contribution in [3.8, 4) is 5.75 Å². The predicted octanol–water partition coefficient (Wildman–Crippen LogP) is 6.84. The topological polar surface area (TPSA) is 116 Å². The van der Waals surface area contributed by atoms with E-state index in [1.165, 1.54) is 32.6 Å². The zero-order valence-corrected chi connectivity index (χ0v) is 30.8. The Hall–Kier alpha value is -5.71. The maximum Gasteiger partial charge on any atom is 0.344 e. The van der Waals surface area contributed by atoms with Crippen LogP contribution in [0.4, 0.5) is 17.1 Å². The van der Waals surface area contributed by atoms with Crippen molar-refractivity contribution in [3.63, 3.8) is 0 Å². The van der Waals surface area contributed by atoms with Crippen LogP contribution >= 0.6 is 11.8 Å². The first-order valence-electron chi connectivity index (χ1n) is 17.8. The number of hydrogen-bond acceptors (Lipinski definition) is 8. The minimum absolute atomic E-state index is 0.0766. The van der Waals surface area contributed by atoms with E-state index in [1.54, 1.807) is 65.6 Å². The molecule has 0 aliphatic carbocycles. The molecule has 1 amide bonds. The van der Waals surface area contributed by atoms with Crippen molar-refractivity contribution < 1.29 is 28.9 Å². The van der Waals surface area contributed by atoms with E-state index in [2.05, 4.69) is 77.8 Å². The number of primary amides is 1. The zero-order valence-electron chi connectivity index (χ0n) is 30.0. The van der Waals surface area contributed by atoms with Crippen LogP contribution in [0.2, 0.25) is 0 Å². The predicted molar refractivity (Wildman–Crippen MR) is 209 cm³/mol. The quantitative estimate of drug-likeness (QED) is 0.0279. The number of unbranched alkanes of at least 4 members (excludes halogenated alkanes) is 2. The van der Waals surface area contributed by atoms with Gasteiger partial charge in [0.15, 0.2) is 11.4 Å². The number of ether oxygens (including phenoxy) is 1. The lowest BCUT2D eigenvalue weighted by Gasteiger charge is -2.13. The van der Waals surface area contributed by atoms with Crippen LogP contribution in [0.1, 0.15) is 42.6 Å². The highest BCUT2D eigenvalue weighted by Crippen LogP contribution is 2.45. The second-order valence-electron chi connectivity index (χ2n) is 13.2. The molecule has 6 aromatic rings. The Balaban J connectivity index is 0.844. The number of nitrogens with two attached hydrogens (primary N) is 1. The number of hydrogen-bond donors (Lipinski definition) is 1. The number of thioether (sulfide) groups is 1. The van der Waals surface area contributed by atoms with Gasteiger partial charge in [0.25, 0.3) is 0 Å². The number of rotatable bonds is 12. The summed E-state index contributed by atoms with van der Waals surface area (Å²) < 4.78 is 13.5. The van der Waals surface area contributed by atoms with Crippen LogP contribution in [0.25, 0.3) is 27.8 Å². The van der Waals surface area contributed by atoms with Crippen molar-refractivity contribution in [2.75, 3.05) is 18.6 Å². The zero-order chi connectivity index (χ0) is 36.9. The summed E-state index contributed by atoms with van der Waals surface area (Å²) in [5.74, 6) is 0.0120. The SMILES string of the molecule is Cc1cc(C=C2Sc3ccccc3N2C)cc(C)[n+]1CCCCCC(=O)[NH2+]c1ccc(N=C([O-])COc2ccc3c(c2)oc(=O)c2ccccc23)cc1. The number of nitrogens with zero attached hydrogens (tertiary/aromatic N) is 3. The standard InChI is InChI=1S/C43H40N4O5S/c1-28-23-30(25-42-46(3)37-13-8-9-14-39(37)53-42)24-29(2)47(28)22-10-4-5-15-40(48)44-31-16-18-32(19-17-31)45-41(49)27-51-33-20-21-35-34-11-6-7-12-36(34)43(50)52-38(35)26-33/h6-9,11-14,16-21,23-26H,4-5,10,15,22,27H2,1-3H3,(H-,44,45,48,49)/p+1. The van der Waals surface area contributed by atoms with Crippen molar-refractivity contribution in [2.24, 2.45) is 4.99 Å². The van der Waals surface area contributed by atoms with Crippen molar-refractivity contribution in [1.82, 2.24) is 0 Å². The number of carbonyl (C=O) groups is 1. The van der Waals surface area contributed by atoms with E-state index in [9.17, 15) is 14.7 Å². The number of carbonyl (C=O) groups excluding carboxylic acids is 1. The minimum atomic E-state index is -0.461. The summed E-state index contributed by atoms with van der Waals surface area (Å²) in [5, 5.41) is 17.5. The van der Waals surface area contributed by atoms with Gasteiger partial charge < -0.3 is 19.2 Å². The Morgan fingerprint density at radius 2 is 1.64 bits per heavy atom. The lowest BCUT2D eigenvalue weighted by molar-refractivity contribution is -0.709. The van der Waals surface area contributed by atoms with Gasteiger partial charge in [-0.1, -0.05) is 42.1 Å². The van der Waals surface area contributed by atoms with Gasteiger partial charge in [-0.25, -0.2) is 14.2 Å². The molecule has 10 heteroatoms. The smallest absolute Gasteiger partial charge is 0.344 e. The number of amides is 1. The first-order valence-corrected chi connectivity index (χ1v) is 18.6. The third kappa shape index (κ3) is 8.35. The van der Waals surface area contributed by atoms with Gasteiger partial charge in [0.1, 0.15) is 30.2 Å². The Labute approximate surface area is 312 Å². The van der Waals surface area contributed by atoms with Gasteiger partial charge in [0.2, 0.25) is 0 Å². The van der Waals surface area contributed by atoms with E-state index in [1.807, 2.05) is 18.2 Å². The van der Waals surface area contributed by atoms with Crippen molar-refractivity contribution in [3.05, 3.63) is 136 Å². The highest BCUT2D eigenvalue weighted by molar-refractivity contribution is 8.03. The second kappa shape index (κ2) is 15.9. The van der Waals surface area contributed by atoms with Crippen LogP contribution in [0, 0.1) is 13.8 Å². The van der Waals surface area contributed by atoms with Gasteiger partial charge in [-0.3, -0.25) is 10.3 Å². The molecule has 0 spiro atoms. The first-order chi connectivity index (χ1) is 25.7. The Kier molecular flexibility index (Phi) is 10.7. The maximum atomic E-state index is 12.7. The van der Waals surface area contributed by atoms with E-state index in [0.29, 0.717) is 28.8 Å². The number of pyridine rings is 1. The molecule has 3 heterocycles. The summed E-state index contributed by atoms with van der Waals surface area (Å²) in [6.07, 6.45) is 5.52. The summed E-state index contributed by atoms with van der Waals surface area (Å²) in [4.78, 5) is 32.7. The normalized spacial score (nSPS) is 13.6. The fourth-order valence-corrected chi connectivity index (χ4v) is 7.82. The summed E-state index contributed by atoms with van der Waals surface area (Å²) in [5.41, 5.74) is 6.10. The first kappa shape index (κ1) is 35.7. The third-order valence-electron chi connectivity index (χ3n) is 9.40. The van der Waals surface area contributed by atoms with Gasteiger partial charge in [0, 0.05) is 73.8 Å². The van der Waals surface area contributed by atoms with Gasteiger partial charge >= 0.3 is 11.5 Å². The monoisotopic (exact) mass is 725 g/mol. The molecule has 0 bridgehead atoms. The molecule has 0 saturated heterocycles. The van der Waals surface area contributed by atoms with Crippen LogP contribution in [-0.2, 0) is 11.3 Å². The molecule has 1 aliphatic rings. The fraction of sp³-hybridized carbons (Fsp3) is 0.209. The highest BCUT2D eigenvalue weighted by atomic mass is 32.2. The Bertz CT molecular complexity index is 2410. The van der Waals surface area contributed by atoms with Crippen LogP contribution in [0.3, 0.4) is 0 Å². The number of benzene rings is 4. The third-order valence-corrected chi connectivity index (χ3v) is 10.6. The van der Waals surface area contributed by atoms with Crippen molar-refractivity contribution >= 4 is 68.4 Å². The van der Waals surface area contributed by atoms with Crippen molar-refractivity contribution in [2.45, 2.75) is 51.0 Å². The van der Waals surface area contributed by atoms with Crippen molar-refractivity contribution in [1.29, 1.82) is 0 Å². The molecule has 1 aliphatic heterocycles. The van der Waals surface area contributed by atoms with E-state index in [4.69, 9.17) is 9.15 Å². The molecule has 0 fully saturated rings. The summed E-state index contributed by atoms with van der Waals surface area (Å²) in [6.45, 7) is 4.96. The lowest BCUT2D eigenvalue weighted by atomic mass is 10.1. The maximum absolute atomic E-state index is 12.7. The van der Waals surface area contributed by atoms with E-state index < -0.39 is 11.5 Å². The highest BCUT2D eigenvalue weighted by Gasteiger charge is 2.22. The molecular formula is C43H41N4O5S+. The Morgan fingerprint density at radius 1 is 0.906 bits per heavy atom.